The molecule has 1 fully saturated rings. The number of rotatable bonds is 2. The number of anilines is 1. The van der Waals surface area contributed by atoms with Gasteiger partial charge in [0.2, 0.25) is 0 Å². The number of nitrogen functional groups attached to an aromatic ring is 1. The minimum atomic E-state index is -0.0871. The van der Waals surface area contributed by atoms with E-state index in [9.17, 15) is 4.79 Å². The lowest BCUT2D eigenvalue weighted by molar-refractivity contribution is 0.0776. The Bertz CT molecular complexity index is 377. The van der Waals surface area contributed by atoms with Gasteiger partial charge >= 0.3 is 0 Å². The number of nitrogens with zero attached hydrogens (tertiary/aromatic N) is 2. The topological polar surface area (TPSA) is 79.5 Å². The van der Waals surface area contributed by atoms with E-state index in [0.717, 1.165) is 6.42 Å². The van der Waals surface area contributed by atoms with E-state index < -0.39 is 0 Å². The van der Waals surface area contributed by atoms with Crippen molar-refractivity contribution in [1.29, 1.82) is 0 Å². The number of hydrogen-bond acceptors (Lipinski definition) is 4. The summed E-state index contributed by atoms with van der Waals surface area (Å²) in [5.41, 5.74) is 6.46. The Labute approximate surface area is 93.9 Å². The summed E-state index contributed by atoms with van der Waals surface area (Å²) >= 11 is 0. The van der Waals surface area contributed by atoms with E-state index >= 15 is 0 Å². The molecule has 3 N–H and O–H groups in total. The highest BCUT2D eigenvalue weighted by molar-refractivity contribution is 5.92. The Morgan fingerprint density at radius 2 is 2.44 bits per heavy atom. The average molecular weight is 221 g/mol. The van der Waals surface area contributed by atoms with Gasteiger partial charge < -0.3 is 15.7 Å². The average Bonchev–Trinajstić information content (AvgIpc) is 2.77. The molecule has 2 rings (SSSR count). The molecule has 1 aliphatic heterocycles. The van der Waals surface area contributed by atoms with Gasteiger partial charge in [-0.1, -0.05) is 0 Å². The van der Waals surface area contributed by atoms with Crippen LogP contribution in [0, 0.1) is 5.92 Å². The van der Waals surface area contributed by atoms with Crippen molar-refractivity contribution < 1.29 is 9.90 Å². The summed E-state index contributed by atoms with van der Waals surface area (Å²) in [5.74, 6) is 0.119. The van der Waals surface area contributed by atoms with E-state index in [1.165, 1.54) is 6.20 Å². The Balaban J connectivity index is 2.05. The van der Waals surface area contributed by atoms with Crippen LogP contribution in [0.25, 0.3) is 0 Å². The minimum Gasteiger partial charge on any atom is -0.397 e. The van der Waals surface area contributed by atoms with Crippen LogP contribution in [0.1, 0.15) is 16.9 Å². The lowest BCUT2D eigenvalue weighted by Crippen LogP contribution is -2.29. The van der Waals surface area contributed by atoms with Crippen LogP contribution in [0.3, 0.4) is 0 Å². The SMILES string of the molecule is Nc1ccc(C(=O)N2CCC(CO)C2)nc1. The summed E-state index contributed by atoms with van der Waals surface area (Å²) in [5, 5.41) is 9.00. The second-order valence-electron chi connectivity index (χ2n) is 4.07. The van der Waals surface area contributed by atoms with Crippen molar-refractivity contribution in [2.24, 2.45) is 5.92 Å². The molecule has 0 saturated carbocycles. The van der Waals surface area contributed by atoms with Crippen LogP contribution < -0.4 is 5.73 Å². The molecule has 1 aromatic rings. The molecule has 86 valence electrons. The predicted octanol–water partition coefficient (Wildman–Crippen LogP) is 0.118. The second-order valence-corrected chi connectivity index (χ2v) is 4.07. The number of aliphatic hydroxyl groups is 1. The normalized spacial score (nSPS) is 20.1. The molecular weight excluding hydrogens is 206 g/mol. The molecule has 0 radical (unpaired) electrons. The third-order valence-corrected chi connectivity index (χ3v) is 2.84. The lowest BCUT2D eigenvalue weighted by atomic mass is 10.1. The Morgan fingerprint density at radius 1 is 1.62 bits per heavy atom. The molecule has 1 atom stereocenters. The molecule has 1 aromatic heterocycles. The van der Waals surface area contributed by atoms with Crippen LogP contribution in [0.4, 0.5) is 5.69 Å². The maximum absolute atomic E-state index is 12.0. The first-order chi connectivity index (χ1) is 7.70. The lowest BCUT2D eigenvalue weighted by Gasteiger charge is -2.15. The summed E-state index contributed by atoms with van der Waals surface area (Å²) < 4.78 is 0. The first-order valence-electron chi connectivity index (χ1n) is 5.32. The number of pyridine rings is 1. The van der Waals surface area contributed by atoms with Gasteiger partial charge in [-0.15, -0.1) is 0 Å². The number of nitrogens with two attached hydrogens (primary N) is 1. The number of hydrogen-bond donors (Lipinski definition) is 2. The van der Waals surface area contributed by atoms with Gasteiger partial charge in [0, 0.05) is 25.6 Å². The minimum absolute atomic E-state index is 0.0871. The first kappa shape index (κ1) is 10.9. The molecule has 1 aliphatic rings. The van der Waals surface area contributed by atoms with Gasteiger partial charge in [-0.25, -0.2) is 4.98 Å². The van der Waals surface area contributed by atoms with Gasteiger partial charge in [-0.05, 0) is 18.6 Å². The second kappa shape index (κ2) is 4.49. The molecule has 0 spiro atoms. The molecule has 0 bridgehead atoms. The van der Waals surface area contributed by atoms with Crippen molar-refractivity contribution in [3.05, 3.63) is 24.0 Å². The monoisotopic (exact) mass is 221 g/mol. The molecule has 0 aliphatic carbocycles. The van der Waals surface area contributed by atoms with Gasteiger partial charge in [0.1, 0.15) is 5.69 Å². The summed E-state index contributed by atoms with van der Waals surface area (Å²) in [4.78, 5) is 17.7. The van der Waals surface area contributed by atoms with Gasteiger partial charge in [0.25, 0.3) is 5.91 Å². The number of carbonyl (C=O) groups is 1. The van der Waals surface area contributed by atoms with Crippen molar-refractivity contribution in [3.63, 3.8) is 0 Å². The standard InChI is InChI=1S/C11H15N3O2/c12-9-1-2-10(13-5-9)11(16)14-4-3-8(6-14)7-15/h1-2,5,8,15H,3-4,6-7,12H2. The van der Waals surface area contributed by atoms with E-state index in [-0.39, 0.29) is 18.4 Å². The van der Waals surface area contributed by atoms with Gasteiger partial charge in [0.05, 0.1) is 11.9 Å². The van der Waals surface area contributed by atoms with E-state index in [4.69, 9.17) is 10.8 Å². The molecule has 1 amide bonds. The number of likely N-dealkylation sites (tertiary alicyclic amines) is 1. The highest BCUT2D eigenvalue weighted by Gasteiger charge is 2.26. The summed E-state index contributed by atoms with van der Waals surface area (Å²) in [6, 6.07) is 3.30. The largest absolute Gasteiger partial charge is 0.397 e. The summed E-state index contributed by atoms with van der Waals surface area (Å²) in [7, 11) is 0. The predicted molar refractivity (Wildman–Crippen MR) is 59.7 cm³/mol. The number of carbonyl (C=O) groups excluding carboxylic acids is 1. The quantitative estimate of drug-likeness (QED) is 0.743. The number of aromatic nitrogens is 1. The fourth-order valence-corrected chi connectivity index (χ4v) is 1.86. The van der Waals surface area contributed by atoms with Crippen molar-refractivity contribution >= 4 is 11.6 Å². The van der Waals surface area contributed by atoms with Crippen molar-refractivity contribution in [3.8, 4) is 0 Å². The van der Waals surface area contributed by atoms with Crippen LogP contribution in [0.5, 0.6) is 0 Å². The van der Waals surface area contributed by atoms with E-state index in [1.54, 1.807) is 17.0 Å². The molecule has 0 aromatic carbocycles. The Hall–Kier alpha value is -1.62. The molecular formula is C11H15N3O2. The van der Waals surface area contributed by atoms with Crippen LogP contribution >= 0.6 is 0 Å². The molecule has 1 unspecified atom stereocenters. The maximum Gasteiger partial charge on any atom is 0.272 e. The molecule has 2 heterocycles. The van der Waals surface area contributed by atoms with Crippen molar-refractivity contribution in [2.75, 3.05) is 25.4 Å². The zero-order valence-electron chi connectivity index (χ0n) is 8.97. The summed E-state index contributed by atoms with van der Waals surface area (Å²) in [6.45, 7) is 1.44. The van der Waals surface area contributed by atoms with Gasteiger partial charge in [-0.3, -0.25) is 4.79 Å². The zero-order chi connectivity index (χ0) is 11.5. The number of amides is 1. The van der Waals surface area contributed by atoms with Crippen LogP contribution in [0.2, 0.25) is 0 Å². The Kier molecular flexibility index (Phi) is 3.05. The van der Waals surface area contributed by atoms with Crippen LogP contribution in [-0.4, -0.2) is 40.6 Å². The van der Waals surface area contributed by atoms with E-state index in [0.29, 0.717) is 24.5 Å². The molecule has 5 heteroatoms. The molecule has 1 saturated heterocycles. The van der Waals surface area contributed by atoms with E-state index in [2.05, 4.69) is 4.98 Å². The van der Waals surface area contributed by atoms with Crippen LogP contribution in [0.15, 0.2) is 18.3 Å². The third kappa shape index (κ3) is 2.14. The number of aliphatic hydroxyl groups excluding tert-OH is 1. The molecule has 5 nitrogen and oxygen atoms in total. The van der Waals surface area contributed by atoms with Gasteiger partial charge in [-0.2, -0.15) is 0 Å². The van der Waals surface area contributed by atoms with Crippen molar-refractivity contribution in [1.82, 2.24) is 9.88 Å². The first-order valence-corrected chi connectivity index (χ1v) is 5.32. The third-order valence-electron chi connectivity index (χ3n) is 2.84. The highest BCUT2D eigenvalue weighted by Crippen LogP contribution is 2.17. The smallest absolute Gasteiger partial charge is 0.272 e. The highest BCUT2D eigenvalue weighted by atomic mass is 16.3. The van der Waals surface area contributed by atoms with Crippen molar-refractivity contribution in [2.45, 2.75) is 6.42 Å². The van der Waals surface area contributed by atoms with Crippen LogP contribution in [-0.2, 0) is 0 Å². The Morgan fingerprint density at radius 3 is 3.00 bits per heavy atom. The fraction of sp³-hybridized carbons (Fsp3) is 0.455. The maximum atomic E-state index is 12.0. The van der Waals surface area contributed by atoms with E-state index in [1.807, 2.05) is 0 Å². The summed E-state index contributed by atoms with van der Waals surface area (Å²) in [6.07, 6.45) is 2.34. The zero-order valence-corrected chi connectivity index (χ0v) is 8.97. The fourth-order valence-electron chi connectivity index (χ4n) is 1.86. The molecule has 16 heavy (non-hydrogen) atoms. The van der Waals surface area contributed by atoms with Gasteiger partial charge in [0.15, 0.2) is 0 Å².